The lowest BCUT2D eigenvalue weighted by Crippen LogP contribution is -2.30. The van der Waals surface area contributed by atoms with Gasteiger partial charge in [-0.15, -0.1) is 0 Å². The highest BCUT2D eigenvalue weighted by Gasteiger charge is 2.06. The number of hydrazine groups is 1. The zero-order chi connectivity index (χ0) is 12.2. The molecule has 0 aliphatic rings. The fourth-order valence-electron chi connectivity index (χ4n) is 1.23. The summed E-state index contributed by atoms with van der Waals surface area (Å²) in [4.78, 5) is 11.2. The van der Waals surface area contributed by atoms with E-state index in [1.807, 2.05) is 5.43 Å². The maximum Gasteiger partial charge on any atom is 0.234 e. The van der Waals surface area contributed by atoms with Crippen LogP contribution in [-0.2, 0) is 21.1 Å². The Bertz CT molecular complexity index is 465. The van der Waals surface area contributed by atoms with Crippen molar-refractivity contribution < 1.29 is 13.2 Å². The van der Waals surface area contributed by atoms with Gasteiger partial charge in [-0.2, -0.15) is 0 Å². The van der Waals surface area contributed by atoms with Crippen molar-refractivity contribution in [3.63, 3.8) is 0 Å². The monoisotopic (exact) mass is 242 g/mol. The summed E-state index contributed by atoms with van der Waals surface area (Å²) in [5.41, 5.74) is 2.94. The Morgan fingerprint density at radius 3 is 2.31 bits per heavy atom. The van der Waals surface area contributed by atoms with Gasteiger partial charge in [0.25, 0.3) is 0 Å². The molecule has 1 aromatic rings. The van der Waals surface area contributed by atoms with Crippen LogP contribution in [0.1, 0.15) is 12.0 Å². The maximum atomic E-state index is 11.2. The van der Waals surface area contributed by atoms with E-state index in [1.165, 1.54) is 12.1 Å². The Kier molecular flexibility index (Phi) is 4.03. The molecule has 0 saturated carbocycles. The minimum atomic E-state index is -3.15. The molecule has 6 heteroatoms. The largest absolute Gasteiger partial charge is 0.294 e. The van der Waals surface area contributed by atoms with Gasteiger partial charge in [0, 0.05) is 12.7 Å². The molecular formula is C10H14N2O3S. The summed E-state index contributed by atoms with van der Waals surface area (Å²) in [6, 6.07) is 6.45. The number of nitrogens with two attached hydrogens (primary N) is 1. The van der Waals surface area contributed by atoms with Gasteiger partial charge in [-0.05, 0) is 24.1 Å². The van der Waals surface area contributed by atoms with Gasteiger partial charge in [-0.3, -0.25) is 10.2 Å². The molecule has 0 bridgehead atoms. The molecular weight excluding hydrogens is 228 g/mol. The number of amides is 1. The molecule has 0 saturated heterocycles. The lowest BCUT2D eigenvalue weighted by Gasteiger charge is -2.02. The molecule has 0 aliphatic heterocycles. The Morgan fingerprint density at radius 1 is 1.31 bits per heavy atom. The van der Waals surface area contributed by atoms with Gasteiger partial charge in [0.15, 0.2) is 9.84 Å². The third kappa shape index (κ3) is 3.63. The summed E-state index contributed by atoms with van der Waals surface area (Å²) in [6.07, 6.45) is 1.98. The molecule has 3 N–H and O–H groups in total. The van der Waals surface area contributed by atoms with E-state index in [2.05, 4.69) is 0 Å². The third-order valence-corrected chi connectivity index (χ3v) is 3.28. The van der Waals surface area contributed by atoms with Crippen LogP contribution in [-0.4, -0.2) is 20.6 Å². The molecule has 0 heterocycles. The van der Waals surface area contributed by atoms with Crippen molar-refractivity contribution in [2.75, 3.05) is 6.26 Å². The highest BCUT2D eigenvalue weighted by Crippen LogP contribution is 2.11. The number of hydrogen-bond donors (Lipinski definition) is 2. The molecule has 0 atom stereocenters. The fraction of sp³-hybridized carbons (Fsp3) is 0.300. The average Bonchev–Trinajstić information content (AvgIpc) is 2.25. The van der Waals surface area contributed by atoms with Gasteiger partial charge in [0.2, 0.25) is 5.91 Å². The first kappa shape index (κ1) is 12.7. The maximum absolute atomic E-state index is 11.2. The Balaban J connectivity index is 2.69. The summed E-state index contributed by atoms with van der Waals surface area (Å²) >= 11 is 0. The number of carbonyl (C=O) groups excluding carboxylic acids is 1. The van der Waals surface area contributed by atoms with Crippen molar-refractivity contribution in [1.82, 2.24) is 5.43 Å². The number of aryl methyl sites for hydroxylation is 1. The van der Waals surface area contributed by atoms with Crippen LogP contribution >= 0.6 is 0 Å². The molecule has 0 aromatic heterocycles. The number of benzene rings is 1. The smallest absolute Gasteiger partial charge is 0.234 e. The van der Waals surface area contributed by atoms with Crippen molar-refractivity contribution in [3.05, 3.63) is 29.8 Å². The zero-order valence-electron chi connectivity index (χ0n) is 8.93. The molecule has 1 aromatic carbocycles. The number of nitrogens with one attached hydrogen (secondary N) is 1. The lowest BCUT2D eigenvalue weighted by atomic mass is 10.1. The first-order chi connectivity index (χ1) is 7.43. The van der Waals surface area contributed by atoms with Crippen LogP contribution < -0.4 is 11.3 Å². The topological polar surface area (TPSA) is 89.3 Å². The average molecular weight is 242 g/mol. The second kappa shape index (κ2) is 5.09. The summed E-state index contributed by atoms with van der Waals surface area (Å²) in [6.45, 7) is 0. The van der Waals surface area contributed by atoms with Gasteiger partial charge in [-0.1, -0.05) is 12.1 Å². The first-order valence-corrected chi connectivity index (χ1v) is 6.61. The van der Waals surface area contributed by atoms with Gasteiger partial charge < -0.3 is 0 Å². The van der Waals surface area contributed by atoms with Crippen molar-refractivity contribution in [3.8, 4) is 0 Å². The molecule has 0 unspecified atom stereocenters. The van der Waals surface area contributed by atoms with Gasteiger partial charge in [0.1, 0.15) is 0 Å². The van der Waals surface area contributed by atoms with Gasteiger partial charge in [0.05, 0.1) is 4.90 Å². The number of rotatable bonds is 4. The highest BCUT2D eigenvalue weighted by atomic mass is 32.2. The van der Waals surface area contributed by atoms with E-state index in [4.69, 9.17) is 5.84 Å². The Labute approximate surface area is 94.5 Å². The SMILES string of the molecule is CS(=O)(=O)c1ccc(CCC(=O)NN)cc1. The van der Waals surface area contributed by atoms with E-state index in [-0.39, 0.29) is 17.2 Å². The van der Waals surface area contributed by atoms with Gasteiger partial charge in [-0.25, -0.2) is 14.3 Å². The van der Waals surface area contributed by atoms with Crippen LogP contribution in [0.25, 0.3) is 0 Å². The number of carbonyl (C=O) groups is 1. The summed E-state index contributed by atoms with van der Waals surface area (Å²) < 4.78 is 22.4. The quantitative estimate of drug-likeness (QED) is 0.442. The molecule has 0 aliphatic carbocycles. The third-order valence-electron chi connectivity index (χ3n) is 2.15. The van der Waals surface area contributed by atoms with Crippen LogP contribution in [0.2, 0.25) is 0 Å². The molecule has 0 radical (unpaired) electrons. The van der Waals surface area contributed by atoms with Crippen molar-refractivity contribution in [2.45, 2.75) is 17.7 Å². The molecule has 5 nitrogen and oxygen atoms in total. The highest BCUT2D eigenvalue weighted by molar-refractivity contribution is 7.90. The van der Waals surface area contributed by atoms with E-state index in [0.717, 1.165) is 11.8 Å². The molecule has 1 amide bonds. The van der Waals surface area contributed by atoms with E-state index < -0.39 is 9.84 Å². The van der Waals surface area contributed by atoms with E-state index >= 15 is 0 Å². The normalized spacial score (nSPS) is 11.1. The number of hydrogen-bond acceptors (Lipinski definition) is 4. The standard InChI is InChI=1S/C10H14N2O3S/c1-16(14,15)9-5-2-8(3-6-9)4-7-10(13)12-11/h2-3,5-6H,4,7,11H2,1H3,(H,12,13). The van der Waals surface area contributed by atoms with Crippen molar-refractivity contribution >= 4 is 15.7 Å². The fourth-order valence-corrected chi connectivity index (χ4v) is 1.86. The number of sulfone groups is 1. The van der Waals surface area contributed by atoms with Crippen LogP contribution in [0.3, 0.4) is 0 Å². The second-order valence-corrected chi connectivity index (χ2v) is 5.50. The molecule has 16 heavy (non-hydrogen) atoms. The minimum Gasteiger partial charge on any atom is -0.294 e. The van der Waals surface area contributed by atoms with Gasteiger partial charge >= 0.3 is 0 Å². The van der Waals surface area contributed by atoms with Crippen LogP contribution in [0.15, 0.2) is 29.2 Å². The predicted octanol–water partition coefficient (Wildman–Crippen LogP) is 0.0126. The lowest BCUT2D eigenvalue weighted by molar-refractivity contribution is -0.121. The predicted molar refractivity (Wildman–Crippen MR) is 60.2 cm³/mol. The molecule has 88 valence electrons. The molecule has 0 spiro atoms. The van der Waals surface area contributed by atoms with Crippen LogP contribution in [0, 0.1) is 0 Å². The van der Waals surface area contributed by atoms with E-state index in [0.29, 0.717) is 6.42 Å². The van der Waals surface area contributed by atoms with Crippen LogP contribution in [0.4, 0.5) is 0 Å². The first-order valence-electron chi connectivity index (χ1n) is 4.72. The van der Waals surface area contributed by atoms with E-state index in [1.54, 1.807) is 12.1 Å². The second-order valence-electron chi connectivity index (χ2n) is 3.48. The summed E-state index contributed by atoms with van der Waals surface area (Å²) in [5, 5.41) is 0. The Morgan fingerprint density at radius 2 is 1.88 bits per heavy atom. The summed E-state index contributed by atoms with van der Waals surface area (Å²) in [7, 11) is -3.15. The molecule has 1 rings (SSSR count). The molecule has 0 fully saturated rings. The van der Waals surface area contributed by atoms with Crippen molar-refractivity contribution in [1.29, 1.82) is 0 Å². The Hall–Kier alpha value is -1.40. The summed E-state index contributed by atoms with van der Waals surface area (Å²) in [5.74, 6) is 4.70. The zero-order valence-corrected chi connectivity index (χ0v) is 9.75. The minimum absolute atomic E-state index is 0.243. The van der Waals surface area contributed by atoms with Crippen LogP contribution in [0.5, 0.6) is 0 Å². The van der Waals surface area contributed by atoms with Crippen molar-refractivity contribution in [2.24, 2.45) is 5.84 Å². The van der Waals surface area contributed by atoms with E-state index in [9.17, 15) is 13.2 Å².